The second kappa shape index (κ2) is 4.97. The average Bonchev–Trinajstić information content (AvgIpc) is 3.26. The summed E-state index contributed by atoms with van der Waals surface area (Å²) in [7, 11) is -1.58. The van der Waals surface area contributed by atoms with E-state index in [1.165, 1.54) is 36.4 Å². The van der Waals surface area contributed by atoms with Crippen molar-refractivity contribution in [2.45, 2.75) is 6.10 Å². The second-order valence-corrected chi connectivity index (χ2v) is 4.65. The summed E-state index contributed by atoms with van der Waals surface area (Å²) in [6.45, 7) is 0.415. The van der Waals surface area contributed by atoms with Crippen molar-refractivity contribution in [2.75, 3.05) is 6.61 Å². The van der Waals surface area contributed by atoms with Crippen LogP contribution < -0.4 is 5.46 Å². The van der Waals surface area contributed by atoms with Gasteiger partial charge < -0.3 is 14.8 Å². The third-order valence-corrected chi connectivity index (χ3v) is 3.31. The van der Waals surface area contributed by atoms with E-state index in [9.17, 15) is 8.78 Å². The summed E-state index contributed by atoms with van der Waals surface area (Å²) in [5.41, 5.74) is 1.12. The minimum absolute atomic E-state index is 0.130. The molecule has 1 fully saturated rings. The maximum absolute atomic E-state index is 14.1. The second-order valence-electron chi connectivity index (χ2n) is 4.65. The molecule has 2 aromatic carbocycles. The van der Waals surface area contributed by atoms with Gasteiger partial charge >= 0.3 is 7.12 Å². The number of ether oxygens (including phenoxy) is 1. The molecule has 2 N–H and O–H groups in total. The van der Waals surface area contributed by atoms with Gasteiger partial charge in [-0.3, -0.25) is 0 Å². The van der Waals surface area contributed by atoms with Crippen LogP contribution in [0, 0.1) is 11.6 Å². The third-order valence-electron chi connectivity index (χ3n) is 3.31. The molecule has 1 saturated heterocycles. The quantitative estimate of drug-likeness (QED) is 0.658. The molecule has 0 radical (unpaired) electrons. The Hall–Kier alpha value is -1.76. The summed E-state index contributed by atoms with van der Waals surface area (Å²) in [5.74, 6) is -1.81. The van der Waals surface area contributed by atoms with Crippen LogP contribution in [0.4, 0.5) is 8.78 Å². The van der Waals surface area contributed by atoms with E-state index in [4.69, 9.17) is 14.8 Å². The van der Waals surface area contributed by atoms with E-state index in [2.05, 4.69) is 0 Å². The van der Waals surface area contributed by atoms with Gasteiger partial charge in [-0.15, -0.1) is 0 Å². The fraction of sp³-hybridized carbons (Fsp3) is 0.143. The van der Waals surface area contributed by atoms with Crippen LogP contribution in [0.3, 0.4) is 0 Å². The van der Waals surface area contributed by atoms with Gasteiger partial charge in [0.15, 0.2) is 11.6 Å². The molecule has 0 aromatic heterocycles. The lowest BCUT2D eigenvalue weighted by atomic mass is 9.80. The van der Waals surface area contributed by atoms with Gasteiger partial charge in [0.05, 0.1) is 6.61 Å². The molecule has 0 amide bonds. The molecule has 6 heteroatoms. The SMILES string of the molecule is OB(O)c1ccc(-c2ccc(C3CO3)c(F)c2F)cc1. The molecular formula is C14H11BF2O3. The highest BCUT2D eigenvalue weighted by molar-refractivity contribution is 6.58. The van der Waals surface area contributed by atoms with Crippen LogP contribution in [0.15, 0.2) is 36.4 Å². The lowest BCUT2D eigenvalue weighted by molar-refractivity contribution is 0.401. The van der Waals surface area contributed by atoms with Crippen LogP contribution in [0.5, 0.6) is 0 Å². The number of epoxide rings is 1. The predicted molar refractivity (Wildman–Crippen MR) is 70.3 cm³/mol. The lowest BCUT2D eigenvalue weighted by Gasteiger charge is -2.08. The number of hydrogen-bond acceptors (Lipinski definition) is 3. The van der Waals surface area contributed by atoms with E-state index in [0.717, 1.165) is 0 Å². The Bertz CT molecular complexity index is 640. The highest BCUT2D eigenvalue weighted by atomic mass is 19.2. The van der Waals surface area contributed by atoms with E-state index in [1.54, 1.807) is 0 Å². The van der Waals surface area contributed by atoms with E-state index in [1.807, 2.05) is 0 Å². The van der Waals surface area contributed by atoms with Crippen LogP contribution in [0.1, 0.15) is 11.7 Å². The normalized spacial score (nSPS) is 17.1. The number of halogens is 2. The minimum atomic E-state index is -1.58. The first-order chi connectivity index (χ1) is 9.58. The molecule has 0 bridgehead atoms. The zero-order chi connectivity index (χ0) is 14.3. The summed E-state index contributed by atoms with van der Waals surface area (Å²) >= 11 is 0. The molecule has 0 saturated carbocycles. The van der Waals surface area contributed by atoms with Gasteiger partial charge in [0.1, 0.15) is 6.10 Å². The van der Waals surface area contributed by atoms with Gasteiger partial charge in [0.25, 0.3) is 0 Å². The number of rotatable bonds is 3. The van der Waals surface area contributed by atoms with Crippen molar-refractivity contribution in [3.05, 3.63) is 53.6 Å². The molecule has 1 atom stereocenters. The standard InChI is InChI=1S/C14H11BF2O3/c16-13-10(5-6-11(14(13)17)12-7-20-12)8-1-3-9(4-2-8)15(18)19/h1-6,12,18-19H,7H2. The molecule has 3 rings (SSSR count). The van der Waals surface area contributed by atoms with Crippen molar-refractivity contribution in [3.63, 3.8) is 0 Å². The summed E-state index contributed by atoms with van der Waals surface area (Å²) in [6.07, 6.45) is -0.342. The number of benzene rings is 2. The smallest absolute Gasteiger partial charge is 0.423 e. The Morgan fingerprint density at radius 1 is 1.00 bits per heavy atom. The van der Waals surface area contributed by atoms with Gasteiger partial charge in [-0.1, -0.05) is 36.4 Å². The highest BCUT2D eigenvalue weighted by Gasteiger charge is 2.30. The fourth-order valence-corrected chi connectivity index (χ4v) is 2.10. The van der Waals surface area contributed by atoms with E-state index in [0.29, 0.717) is 12.2 Å². The minimum Gasteiger partial charge on any atom is -0.423 e. The van der Waals surface area contributed by atoms with Crippen molar-refractivity contribution < 1.29 is 23.6 Å². The molecule has 0 spiro atoms. The van der Waals surface area contributed by atoms with E-state index < -0.39 is 18.8 Å². The van der Waals surface area contributed by atoms with Crippen molar-refractivity contribution in [1.29, 1.82) is 0 Å². The Morgan fingerprint density at radius 2 is 1.65 bits per heavy atom. The zero-order valence-electron chi connectivity index (χ0n) is 10.4. The third kappa shape index (κ3) is 2.33. The molecular weight excluding hydrogens is 265 g/mol. The van der Waals surface area contributed by atoms with Crippen LogP contribution in [0.2, 0.25) is 0 Å². The molecule has 20 heavy (non-hydrogen) atoms. The molecule has 2 aromatic rings. The predicted octanol–water partition coefficient (Wildman–Crippen LogP) is 1.38. The van der Waals surface area contributed by atoms with Crippen molar-refractivity contribution in [1.82, 2.24) is 0 Å². The molecule has 0 aliphatic carbocycles. The lowest BCUT2D eigenvalue weighted by Crippen LogP contribution is -2.29. The maximum Gasteiger partial charge on any atom is 0.488 e. The van der Waals surface area contributed by atoms with Crippen molar-refractivity contribution in [2.24, 2.45) is 0 Å². The first-order valence-electron chi connectivity index (χ1n) is 6.14. The van der Waals surface area contributed by atoms with Gasteiger partial charge in [-0.25, -0.2) is 8.78 Å². The summed E-state index contributed by atoms with van der Waals surface area (Å²) < 4.78 is 32.9. The average molecular weight is 276 g/mol. The van der Waals surface area contributed by atoms with E-state index >= 15 is 0 Å². The molecule has 1 heterocycles. The summed E-state index contributed by atoms with van der Waals surface area (Å²) in [5, 5.41) is 18.0. The van der Waals surface area contributed by atoms with Gasteiger partial charge in [-0.05, 0) is 11.0 Å². The molecule has 3 nitrogen and oxygen atoms in total. The summed E-state index contributed by atoms with van der Waals surface area (Å²) in [4.78, 5) is 0. The van der Waals surface area contributed by atoms with Crippen LogP contribution in [-0.2, 0) is 4.74 Å². The fourth-order valence-electron chi connectivity index (χ4n) is 2.10. The Balaban J connectivity index is 1.99. The molecule has 1 aliphatic rings. The Morgan fingerprint density at radius 3 is 2.20 bits per heavy atom. The monoisotopic (exact) mass is 276 g/mol. The maximum atomic E-state index is 14.1. The zero-order valence-corrected chi connectivity index (χ0v) is 10.4. The first-order valence-corrected chi connectivity index (χ1v) is 6.14. The summed E-state index contributed by atoms with van der Waals surface area (Å²) in [6, 6.07) is 8.95. The van der Waals surface area contributed by atoms with Gasteiger partial charge in [0, 0.05) is 11.1 Å². The first kappa shape index (κ1) is 13.2. The van der Waals surface area contributed by atoms with Gasteiger partial charge in [-0.2, -0.15) is 0 Å². The van der Waals surface area contributed by atoms with Crippen LogP contribution >= 0.6 is 0 Å². The van der Waals surface area contributed by atoms with Crippen LogP contribution in [0.25, 0.3) is 11.1 Å². The molecule has 1 aliphatic heterocycles. The highest BCUT2D eigenvalue weighted by Crippen LogP contribution is 2.35. The topological polar surface area (TPSA) is 53.0 Å². The Kier molecular flexibility index (Phi) is 3.29. The largest absolute Gasteiger partial charge is 0.488 e. The van der Waals surface area contributed by atoms with Crippen molar-refractivity contribution >= 4 is 12.6 Å². The van der Waals surface area contributed by atoms with Gasteiger partial charge in [0.2, 0.25) is 0 Å². The Labute approximate surface area is 114 Å². The van der Waals surface area contributed by atoms with E-state index in [-0.39, 0.29) is 22.7 Å². The van der Waals surface area contributed by atoms with Crippen molar-refractivity contribution in [3.8, 4) is 11.1 Å². The molecule has 102 valence electrons. The molecule has 1 unspecified atom stereocenters. The number of hydrogen-bond donors (Lipinski definition) is 2. The van der Waals surface area contributed by atoms with Crippen LogP contribution in [-0.4, -0.2) is 23.8 Å².